The van der Waals surface area contributed by atoms with Gasteiger partial charge in [0, 0.05) is 11.1 Å². The molecule has 7 rings (SSSR count). The summed E-state index contributed by atoms with van der Waals surface area (Å²) >= 11 is 0. The van der Waals surface area contributed by atoms with E-state index in [1.807, 2.05) is 73.7 Å². The van der Waals surface area contributed by atoms with E-state index >= 15 is 0 Å². The van der Waals surface area contributed by atoms with Crippen LogP contribution < -0.4 is 0 Å². The zero-order valence-corrected chi connectivity index (χ0v) is 24.7. The van der Waals surface area contributed by atoms with Crippen LogP contribution in [0.5, 0.6) is 0 Å². The number of halogens is 3. The van der Waals surface area contributed by atoms with Crippen molar-refractivity contribution >= 4 is 11.1 Å². The van der Waals surface area contributed by atoms with Gasteiger partial charge in [0.1, 0.15) is 0 Å². The first-order valence-electron chi connectivity index (χ1n) is 14.4. The van der Waals surface area contributed by atoms with Crippen molar-refractivity contribution in [3.63, 3.8) is 0 Å². The van der Waals surface area contributed by atoms with Gasteiger partial charge in [0.15, 0.2) is 0 Å². The van der Waals surface area contributed by atoms with E-state index in [-0.39, 0.29) is 11.4 Å². The maximum absolute atomic E-state index is 13.2. The summed E-state index contributed by atoms with van der Waals surface area (Å²) in [4.78, 5) is 7.12. The second kappa shape index (κ2) is 10.7. The molecule has 7 heteroatoms. The Kier molecular flexibility index (Phi) is 6.64. The predicted molar refractivity (Wildman–Crippen MR) is 174 cm³/mol. The van der Waals surface area contributed by atoms with E-state index in [4.69, 9.17) is 13.1 Å². The molecule has 0 fully saturated rings. The Labute approximate surface area is 268 Å². The fourth-order valence-electron chi connectivity index (χ4n) is 6.46. The Bertz CT molecular complexity index is 2390. The van der Waals surface area contributed by atoms with Crippen LogP contribution in [0.4, 0.5) is 13.2 Å². The number of nitrogens with zero attached hydrogens (tertiary/aromatic N) is 4. The Morgan fingerprint density at radius 3 is 1.30 bits per heavy atom. The standard InChI is InChI=1S/C40H19F3N4/c1-22-4-6-23(7-5-22)25-10-14-28-30-18-35-31(19-34(30)38(32(28)16-25)36(20-44)46-2)29-15-11-26(17-33(29)39(35)37(21-45)47-3)24-8-12-27(13-9-24)40(41,42)43/h4-19H,1H3/b38-36+,39-37+. The number of fused-ring (bicyclic) bond motifs is 6. The number of rotatable bonds is 2. The quantitative estimate of drug-likeness (QED) is 0.144. The van der Waals surface area contributed by atoms with Crippen LogP contribution >= 0.6 is 0 Å². The van der Waals surface area contributed by atoms with Gasteiger partial charge in [0.05, 0.1) is 30.8 Å². The maximum Gasteiger partial charge on any atom is 0.416 e. The molecule has 0 amide bonds. The first-order chi connectivity index (χ1) is 22.7. The molecule has 0 bridgehead atoms. The highest BCUT2D eigenvalue weighted by Crippen LogP contribution is 2.54. The minimum absolute atomic E-state index is 0.0449. The number of nitriles is 2. The number of aryl methyl sites for hydroxylation is 1. The highest BCUT2D eigenvalue weighted by atomic mass is 19.4. The van der Waals surface area contributed by atoms with Gasteiger partial charge in [-0.25, -0.2) is 20.2 Å². The zero-order chi connectivity index (χ0) is 33.0. The summed E-state index contributed by atoms with van der Waals surface area (Å²) in [5.41, 5.74) is 10.1. The van der Waals surface area contributed by atoms with Gasteiger partial charge >= 0.3 is 6.18 Å². The molecule has 0 saturated heterocycles. The van der Waals surface area contributed by atoms with Crippen LogP contribution in [-0.2, 0) is 6.18 Å². The molecule has 4 nitrogen and oxygen atoms in total. The lowest BCUT2D eigenvalue weighted by atomic mass is 9.95. The lowest BCUT2D eigenvalue weighted by molar-refractivity contribution is -0.137. The topological polar surface area (TPSA) is 56.3 Å². The second-order valence-corrected chi connectivity index (χ2v) is 11.3. The van der Waals surface area contributed by atoms with Crippen molar-refractivity contribution in [3.8, 4) is 56.6 Å². The molecule has 220 valence electrons. The van der Waals surface area contributed by atoms with Crippen molar-refractivity contribution in [3.05, 3.63) is 165 Å². The van der Waals surface area contributed by atoms with Gasteiger partial charge in [0.2, 0.25) is 0 Å². The summed E-state index contributed by atoms with van der Waals surface area (Å²) < 4.78 is 39.6. The van der Waals surface area contributed by atoms with Gasteiger partial charge < -0.3 is 0 Å². The van der Waals surface area contributed by atoms with Crippen molar-refractivity contribution in [2.75, 3.05) is 0 Å². The van der Waals surface area contributed by atoms with E-state index < -0.39 is 11.7 Å². The van der Waals surface area contributed by atoms with E-state index in [1.165, 1.54) is 12.1 Å². The molecule has 0 aromatic heterocycles. The summed E-state index contributed by atoms with van der Waals surface area (Å²) in [5.74, 6) is 0. The van der Waals surface area contributed by atoms with E-state index in [1.54, 1.807) is 12.1 Å². The normalized spacial score (nSPS) is 14.4. The Hall–Kier alpha value is -6.67. The Balaban J connectivity index is 1.44. The summed E-state index contributed by atoms with van der Waals surface area (Å²) in [5, 5.41) is 20.0. The molecule has 2 aliphatic carbocycles. The predicted octanol–water partition coefficient (Wildman–Crippen LogP) is 10.7. The average molecular weight is 613 g/mol. The largest absolute Gasteiger partial charge is 0.416 e. The molecular formula is C40H19F3N4. The first-order valence-corrected chi connectivity index (χ1v) is 14.4. The minimum Gasteiger partial charge on any atom is -0.226 e. The monoisotopic (exact) mass is 612 g/mol. The highest BCUT2D eigenvalue weighted by Gasteiger charge is 2.34. The fraction of sp³-hybridized carbons (Fsp3) is 0.0500. The van der Waals surface area contributed by atoms with E-state index in [2.05, 4.69) is 15.8 Å². The van der Waals surface area contributed by atoms with Gasteiger partial charge in [0.25, 0.3) is 11.4 Å². The molecule has 0 saturated carbocycles. The lowest BCUT2D eigenvalue weighted by Crippen LogP contribution is -2.03. The third kappa shape index (κ3) is 4.59. The van der Waals surface area contributed by atoms with Crippen LogP contribution in [0.2, 0.25) is 0 Å². The third-order valence-corrected chi connectivity index (χ3v) is 8.69. The highest BCUT2D eigenvalue weighted by molar-refractivity contribution is 6.11. The van der Waals surface area contributed by atoms with Gasteiger partial charge in [-0.2, -0.15) is 13.2 Å². The van der Waals surface area contributed by atoms with E-state index in [0.29, 0.717) is 39.0 Å². The number of hydrogen-bond donors (Lipinski definition) is 0. The molecule has 0 radical (unpaired) electrons. The van der Waals surface area contributed by atoms with Crippen molar-refractivity contribution in [1.29, 1.82) is 10.5 Å². The van der Waals surface area contributed by atoms with Crippen molar-refractivity contribution in [2.45, 2.75) is 13.1 Å². The number of benzene rings is 5. The van der Waals surface area contributed by atoms with Crippen molar-refractivity contribution in [1.82, 2.24) is 0 Å². The average Bonchev–Trinajstić information content (AvgIpc) is 3.56. The van der Waals surface area contributed by atoms with Gasteiger partial charge in [-0.1, -0.05) is 66.2 Å². The molecule has 0 aliphatic heterocycles. The van der Waals surface area contributed by atoms with Crippen LogP contribution in [-0.4, -0.2) is 0 Å². The summed E-state index contributed by atoms with van der Waals surface area (Å²) in [6.07, 6.45) is -4.46. The van der Waals surface area contributed by atoms with E-state index in [9.17, 15) is 23.7 Å². The van der Waals surface area contributed by atoms with Gasteiger partial charge in [-0.15, -0.1) is 0 Å². The molecule has 47 heavy (non-hydrogen) atoms. The molecule has 0 unspecified atom stereocenters. The van der Waals surface area contributed by atoms with Gasteiger partial charge in [-0.05, 0) is 110 Å². The van der Waals surface area contributed by atoms with Gasteiger partial charge in [-0.3, -0.25) is 0 Å². The van der Waals surface area contributed by atoms with Crippen LogP contribution in [0.15, 0.2) is 108 Å². The van der Waals surface area contributed by atoms with Crippen molar-refractivity contribution < 1.29 is 13.2 Å². The summed E-state index contributed by atoms with van der Waals surface area (Å²) in [6.45, 7) is 17.6. The molecular weight excluding hydrogens is 593 g/mol. The number of hydrogen-bond acceptors (Lipinski definition) is 2. The molecule has 5 aromatic carbocycles. The summed E-state index contributed by atoms with van der Waals surface area (Å²) in [7, 11) is 0. The molecule has 0 atom stereocenters. The zero-order valence-electron chi connectivity index (χ0n) is 24.7. The molecule has 2 aliphatic rings. The Morgan fingerprint density at radius 1 is 0.532 bits per heavy atom. The lowest BCUT2D eigenvalue weighted by Gasteiger charge is -2.10. The molecule has 5 aromatic rings. The maximum atomic E-state index is 13.2. The van der Waals surface area contributed by atoms with Crippen LogP contribution in [0.1, 0.15) is 33.4 Å². The van der Waals surface area contributed by atoms with Crippen LogP contribution in [0.3, 0.4) is 0 Å². The number of alkyl halides is 3. The first kappa shape index (κ1) is 29.1. The molecule has 0 spiro atoms. The fourth-order valence-corrected chi connectivity index (χ4v) is 6.46. The molecule has 0 heterocycles. The third-order valence-electron chi connectivity index (χ3n) is 8.69. The Morgan fingerprint density at radius 2 is 0.915 bits per heavy atom. The van der Waals surface area contributed by atoms with E-state index in [0.717, 1.165) is 56.6 Å². The summed E-state index contributed by atoms with van der Waals surface area (Å²) in [6, 6.07) is 32.3. The van der Waals surface area contributed by atoms with Crippen LogP contribution in [0, 0.1) is 42.7 Å². The number of allylic oxidation sites excluding steroid dienone is 2. The molecule has 0 N–H and O–H groups in total. The SMILES string of the molecule is [C-]#[N+]/C(C#N)=C1\c2cc(-c3ccc(C)cc3)ccc2-c2cc3c(cc21)-c1ccc(-c2ccc(C(F)(F)F)cc2)cc1/C3=C(/C#N)[N+]#[C-]. The van der Waals surface area contributed by atoms with Crippen molar-refractivity contribution in [2.24, 2.45) is 0 Å². The van der Waals surface area contributed by atoms with Crippen LogP contribution in [0.25, 0.3) is 65.3 Å². The smallest absolute Gasteiger partial charge is 0.226 e. The second-order valence-electron chi connectivity index (χ2n) is 11.3. The minimum atomic E-state index is -4.46.